The molecule has 0 atom stereocenters. The number of alkyl halides is 6. The average molecular weight is 895 g/mol. The summed E-state index contributed by atoms with van der Waals surface area (Å²) in [7, 11) is 0. The van der Waals surface area contributed by atoms with Gasteiger partial charge in [0.05, 0.1) is 52.2 Å². The van der Waals surface area contributed by atoms with Gasteiger partial charge in [-0.2, -0.15) is 26.3 Å². The van der Waals surface area contributed by atoms with Gasteiger partial charge in [0.25, 0.3) is 0 Å². The van der Waals surface area contributed by atoms with Gasteiger partial charge in [-0.25, -0.2) is 14.8 Å². The van der Waals surface area contributed by atoms with Crippen molar-refractivity contribution in [1.29, 1.82) is 0 Å². The Labute approximate surface area is 361 Å². The van der Waals surface area contributed by atoms with Gasteiger partial charge in [0, 0.05) is 40.3 Å². The predicted molar refractivity (Wildman–Crippen MR) is 223 cm³/mol. The van der Waals surface area contributed by atoms with Crippen molar-refractivity contribution in [3.05, 3.63) is 134 Å². The van der Waals surface area contributed by atoms with Crippen LogP contribution >= 0.6 is 22.7 Å². The zero-order valence-electron chi connectivity index (χ0n) is 33.3. The number of halogens is 6. The first-order valence-electron chi connectivity index (χ1n) is 19.8. The zero-order valence-corrected chi connectivity index (χ0v) is 34.9. The molecule has 0 spiro atoms. The van der Waals surface area contributed by atoms with Crippen LogP contribution in [0.3, 0.4) is 0 Å². The van der Waals surface area contributed by atoms with Crippen LogP contribution in [-0.2, 0) is 45.9 Å². The molecular weight excluding hydrogens is 855 g/mol. The molecule has 62 heavy (non-hydrogen) atoms. The van der Waals surface area contributed by atoms with Crippen molar-refractivity contribution in [3.63, 3.8) is 0 Å². The first-order valence-corrected chi connectivity index (χ1v) is 21.5. The molecule has 6 aromatic rings. The summed E-state index contributed by atoms with van der Waals surface area (Å²) in [6.07, 6.45) is -5.01. The number of thiazole rings is 2. The van der Waals surface area contributed by atoms with Crippen molar-refractivity contribution in [2.45, 2.75) is 70.1 Å². The minimum absolute atomic E-state index is 0.0379. The van der Waals surface area contributed by atoms with Crippen molar-refractivity contribution in [2.24, 2.45) is 0 Å². The Hall–Kier alpha value is -5.74. The number of carbonyl (C=O) groups is 2. The molecule has 2 heterocycles. The number of rotatable bonds is 18. The van der Waals surface area contributed by atoms with Crippen LogP contribution < -0.4 is 14.2 Å². The maximum atomic E-state index is 13.5. The Morgan fingerprint density at radius 1 is 0.677 bits per heavy atom. The number of hydrogen-bond acceptors (Lipinski definition) is 10. The molecule has 16 heteroatoms. The normalized spacial score (nSPS) is 12.9. The number of hydrogen-bond donors (Lipinski definition) is 0. The largest absolute Gasteiger partial charge is 0.494 e. The quantitative estimate of drug-likeness (QED) is 0.0364. The van der Waals surface area contributed by atoms with Gasteiger partial charge in [-0.15, -0.1) is 22.7 Å². The molecule has 0 N–H and O–H groups in total. The summed E-state index contributed by atoms with van der Waals surface area (Å²) in [4.78, 5) is 34.2. The minimum atomic E-state index is -4.48. The summed E-state index contributed by atoms with van der Waals surface area (Å²) in [6.45, 7) is 1.99. The smallest absolute Gasteiger partial charge is 0.417 e. The van der Waals surface area contributed by atoms with E-state index < -0.39 is 42.0 Å². The van der Waals surface area contributed by atoms with Gasteiger partial charge in [0.15, 0.2) is 6.61 Å². The lowest BCUT2D eigenvalue weighted by Crippen LogP contribution is -2.20. The Morgan fingerprint density at radius 2 is 1.26 bits per heavy atom. The molecule has 2 aromatic heterocycles. The molecule has 0 saturated heterocycles. The first kappa shape index (κ1) is 44.3. The number of benzene rings is 4. The second kappa shape index (κ2) is 19.5. The number of esters is 2. The number of aryl methyl sites for hydroxylation is 3. The van der Waals surface area contributed by atoms with Gasteiger partial charge in [0.2, 0.25) is 0 Å². The number of ether oxygens (including phenoxy) is 4. The third kappa shape index (κ3) is 11.8. The minimum Gasteiger partial charge on any atom is -0.494 e. The topological polar surface area (TPSA) is 96.8 Å². The number of aromatic nitrogens is 2. The van der Waals surface area contributed by atoms with Crippen LogP contribution in [0.4, 0.5) is 26.3 Å². The highest BCUT2D eigenvalue weighted by Gasteiger charge is 2.35. The van der Waals surface area contributed by atoms with E-state index in [2.05, 4.69) is 9.97 Å². The SMILES string of the molecule is Cc1cc(OCCCc2nc(-c3ccccc3C(F)(F)F)cs2)c(C2CC2)cc1OCC(=O)OC(=O)Cc1cccc(OCCCc2nc(-c3ccccc3C(F)(F)F)cs2)c1. The van der Waals surface area contributed by atoms with Gasteiger partial charge in [-0.1, -0.05) is 48.5 Å². The van der Waals surface area contributed by atoms with Crippen molar-refractivity contribution in [3.8, 4) is 39.8 Å². The molecule has 0 aliphatic heterocycles. The van der Waals surface area contributed by atoms with Crippen LogP contribution in [0.2, 0.25) is 0 Å². The van der Waals surface area contributed by atoms with E-state index in [4.69, 9.17) is 18.9 Å². The van der Waals surface area contributed by atoms with Gasteiger partial charge < -0.3 is 18.9 Å². The van der Waals surface area contributed by atoms with Crippen molar-refractivity contribution in [1.82, 2.24) is 9.97 Å². The van der Waals surface area contributed by atoms with Gasteiger partial charge in [0.1, 0.15) is 17.2 Å². The van der Waals surface area contributed by atoms with Crippen LogP contribution in [0, 0.1) is 6.92 Å². The Bertz CT molecular complexity index is 2510. The average Bonchev–Trinajstić information content (AvgIpc) is 3.78. The van der Waals surface area contributed by atoms with Crippen LogP contribution in [0.25, 0.3) is 22.5 Å². The molecule has 7 rings (SSSR count). The van der Waals surface area contributed by atoms with E-state index in [0.717, 1.165) is 36.1 Å². The molecule has 0 amide bonds. The van der Waals surface area contributed by atoms with E-state index in [9.17, 15) is 35.9 Å². The Kier molecular flexibility index (Phi) is 14.0. The predicted octanol–water partition coefficient (Wildman–Crippen LogP) is 11.9. The molecule has 4 aromatic carbocycles. The molecular formula is C46H40F6N2O6S2. The van der Waals surface area contributed by atoms with E-state index >= 15 is 0 Å². The fraction of sp³-hybridized carbons (Fsp3) is 0.304. The highest BCUT2D eigenvalue weighted by atomic mass is 32.1. The first-order chi connectivity index (χ1) is 29.7. The molecule has 1 aliphatic carbocycles. The maximum absolute atomic E-state index is 13.5. The highest BCUT2D eigenvalue weighted by molar-refractivity contribution is 7.10. The third-order valence-electron chi connectivity index (χ3n) is 9.86. The van der Waals surface area contributed by atoms with Crippen LogP contribution in [0.5, 0.6) is 17.2 Å². The zero-order chi connectivity index (χ0) is 43.9. The molecule has 0 unspecified atom stereocenters. The summed E-state index contributed by atoms with van der Waals surface area (Å²) >= 11 is 2.60. The highest BCUT2D eigenvalue weighted by Crippen LogP contribution is 2.46. The fourth-order valence-electron chi connectivity index (χ4n) is 6.74. The van der Waals surface area contributed by atoms with Crippen LogP contribution in [-0.4, -0.2) is 41.7 Å². The van der Waals surface area contributed by atoms with E-state index in [1.54, 1.807) is 47.2 Å². The van der Waals surface area contributed by atoms with E-state index in [1.807, 2.05) is 19.1 Å². The van der Waals surface area contributed by atoms with Crippen molar-refractivity contribution in [2.75, 3.05) is 19.8 Å². The monoisotopic (exact) mass is 894 g/mol. The summed E-state index contributed by atoms with van der Waals surface area (Å²) in [5, 5.41) is 4.65. The van der Waals surface area contributed by atoms with Crippen molar-refractivity contribution < 1.29 is 54.9 Å². The third-order valence-corrected chi connectivity index (χ3v) is 11.7. The van der Waals surface area contributed by atoms with Gasteiger partial charge >= 0.3 is 24.3 Å². The lowest BCUT2D eigenvalue weighted by molar-refractivity contribution is -0.160. The Morgan fingerprint density at radius 3 is 1.84 bits per heavy atom. The second-order valence-electron chi connectivity index (χ2n) is 14.6. The van der Waals surface area contributed by atoms with Gasteiger partial charge in [-0.3, -0.25) is 4.79 Å². The summed E-state index contributed by atoms with van der Waals surface area (Å²) in [5.74, 6) is 0.326. The molecule has 0 bridgehead atoms. The standard InChI is InChI=1S/C46H40F6N2O6S2/c1-28-21-40(58-20-8-16-42-54-38(27-62-42)33-12-3-5-14-36(33)46(50,51)52)34(30-17-18-30)24-39(28)59-25-44(56)60-43(55)23-29-9-6-10-31(22-29)57-19-7-15-41-53-37(26-61-41)32-11-2-4-13-35(32)45(47,48)49/h2-6,9-14,21-22,24,26-27,30H,7-8,15-20,23,25H2,1H3. The van der Waals surface area contributed by atoms with Crippen LogP contribution in [0.15, 0.2) is 95.7 Å². The molecule has 8 nitrogen and oxygen atoms in total. The number of carbonyl (C=O) groups excluding carboxylic acids is 2. The summed E-state index contributed by atoms with van der Waals surface area (Å²) in [5.41, 5.74) is 1.44. The molecule has 0 radical (unpaired) electrons. The molecule has 1 saturated carbocycles. The van der Waals surface area contributed by atoms with Crippen LogP contribution in [0.1, 0.15) is 69.4 Å². The lowest BCUT2D eigenvalue weighted by Gasteiger charge is -2.16. The second-order valence-corrected chi connectivity index (χ2v) is 16.5. The van der Waals surface area contributed by atoms with Crippen molar-refractivity contribution >= 4 is 34.6 Å². The van der Waals surface area contributed by atoms with E-state index in [0.29, 0.717) is 77.4 Å². The molecule has 324 valence electrons. The molecule has 1 fully saturated rings. The van der Waals surface area contributed by atoms with Gasteiger partial charge in [-0.05, 0) is 86.1 Å². The summed E-state index contributed by atoms with van der Waals surface area (Å²) < 4.78 is 104. The number of nitrogens with zero attached hydrogens (tertiary/aromatic N) is 2. The van der Waals surface area contributed by atoms with E-state index in [-0.39, 0.29) is 29.2 Å². The van der Waals surface area contributed by atoms with E-state index in [1.165, 1.54) is 46.9 Å². The summed E-state index contributed by atoms with van der Waals surface area (Å²) in [6, 6.07) is 21.2. The Balaban J connectivity index is 0.838. The fourth-order valence-corrected chi connectivity index (χ4v) is 8.42. The lowest BCUT2D eigenvalue weighted by atomic mass is 10.1. The maximum Gasteiger partial charge on any atom is 0.417 e. The molecule has 1 aliphatic rings.